The normalized spacial score (nSPS) is 12.0. The number of aliphatic hydroxyl groups is 1. The molecular formula is C6H13ClO3. The lowest BCUT2D eigenvalue weighted by atomic mass is 10.6. The molecule has 0 saturated heterocycles. The van der Waals surface area contributed by atoms with Gasteiger partial charge in [-0.05, 0) is 13.8 Å². The summed E-state index contributed by atoms with van der Waals surface area (Å²) in [7, 11) is 0. The van der Waals surface area contributed by atoms with E-state index in [-0.39, 0.29) is 5.88 Å². The van der Waals surface area contributed by atoms with Crippen molar-refractivity contribution in [1.82, 2.24) is 0 Å². The summed E-state index contributed by atoms with van der Waals surface area (Å²) in [5.74, 6) is -1.67. The Morgan fingerprint density at radius 3 is 1.90 bits per heavy atom. The number of halogens is 1. The Labute approximate surface area is 65.9 Å². The molecule has 4 heteroatoms. The fraction of sp³-hybridized carbons (Fsp3) is 1.00. The average Bonchev–Trinajstić information content (AvgIpc) is 1.89. The lowest BCUT2D eigenvalue weighted by Gasteiger charge is -2.23. The third-order valence-corrected chi connectivity index (χ3v) is 1.25. The van der Waals surface area contributed by atoms with Gasteiger partial charge >= 0.3 is 0 Å². The van der Waals surface area contributed by atoms with Crippen molar-refractivity contribution in [3.05, 3.63) is 0 Å². The predicted molar refractivity (Wildman–Crippen MR) is 38.9 cm³/mol. The van der Waals surface area contributed by atoms with Gasteiger partial charge in [-0.1, -0.05) is 0 Å². The topological polar surface area (TPSA) is 38.7 Å². The van der Waals surface area contributed by atoms with Crippen LogP contribution in [0.4, 0.5) is 0 Å². The maximum atomic E-state index is 9.24. The lowest BCUT2D eigenvalue weighted by Crippen LogP contribution is -2.37. The van der Waals surface area contributed by atoms with Crippen molar-refractivity contribution in [3.63, 3.8) is 0 Å². The summed E-state index contributed by atoms with van der Waals surface area (Å²) in [6, 6.07) is 0. The molecule has 0 amide bonds. The zero-order valence-electron chi connectivity index (χ0n) is 6.26. The van der Waals surface area contributed by atoms with Crippen LogP contribution in [-0.2, 0) is 9.47 Å². The highest BCUT2D eigenvalue weighted by molar-refractivity contribution is 6.18. The first-order chi connectivity index (χ1) is 4.68. The van der Waals surface area contributed by atoms with Gasteiger partial charge in [-0.2, -0.15) is 0 Å². The van der Waals surface area contributed by atoms with E-state index in [0.717, 1.165) is 0 Å². The number of ether oxygens (including phenoxy) is 2. The van der Waals surface area contributed by atoms with Crippen LogP contribution in [0.5, 0.6) is 0 Å². The molecule has 0 aliphatic heterocycles. The van der Waals surface area contributed by atoms with Crippen molar-refractivity contribution in [3.8, 4) is 0 Å². The Balaban J connectivity index is 3.69. The molecule has 0 radical (unpaired) electrons. The van der Waals surface area contributed by atoms with Gasteiger partial charge in [0.2, 0.25) is 0 Å². The van der Waals surface area contributed by atoms with Gasteiger partial charge in [0.05, 0.1) is 0 Å². The largest absolute Gasteiger partial charge is 0.342 e. The van der Waals surface area contributed by atoms with Gasteiger partial charge in [0.25, 0.3) is 5.97 Å². The van der Waals surface area contributed by atoms with Crippen molar-refractivity contribution in [2.45, 2.75) is 19.8 Å². The van der Waals surface area contributed by atoms with Gasteiger partial charge < -0.3 is 14.6 Å². The maximum absolute atomic E-state index is 9.24. The van der Waals surface area contributed by atoms with Crippen LogP contribution in [-0.4, -0.2) is 30.2 Å². The number of alkyl halides is 1. The van der Waals surface area contributed by atoms with E-state index < -0.39 is 5.97 Å². The van der Waals surface area contributed by atoms with Gasteiger partial charge in [0, 0.05) is 13.2 Å². The first-order valence-corrected chi connectivity index (χ1v) is 3.78. The minimum absolute atomic E-state index is 0.0747. The molecule has 0 aromatic carbocycles. The van der Waals surface area contributed by atoms with Crippen molar-refractivity contribution >= 4 is 11.6 Å². The smallest absolute Gasteiger partial charge is 0.294 e. The summed E-state index contributed by atoms with van der Waals surface area (Å²) >= 11 is 5.37. The second kappa shape index (κ2) is 4.91. The summed E-state index contributed by atoms with van der Waals surface area (Å²) in [5, 5.41) is 9.24. The molecular weight excluding hydrogens is 156 g/mol. The van der Waals surface area contributed by atoms with E-state index in [2.05, 4.69) is 0 Å². The third kappa shape index (κ3) is 3.37. The molecule has 0 heterocycles. The Hall–Kier alpha value is 0.170. The molecule has 0 unspecified atom stereocenters. The zero-order valence-corrected chi connectivity index (χ0v) is 7.02. The van der Waals surface area contributed by atoms with Crippen LogP contribution in [0.1, 0.15) is 13.8 Å². The standard InChI is InChI=1S/C6H13ClO3/c1-3-9-6(8,5-7)10-4-2/h8H,3-5H2,1-2H3. The molecule has 0 fully saturated rings. The summed E-state index contributed by atoms with van der Waals surface area (Å²) in [4.78, 5) is 0. The molecule has 3 nitrogen and oxygen atoms in total. The summed E-state index contributed by atoms with van der Waals surface area (Å²) in [6.45, 7) is 4.28. The second-order valence-electron chi connectivity index (χ2n) is 1.71. The van der Waals surface area contributed by atoms with Gasteiger partial charge in [0.15, 0.2) is 0 Å². The van der Waals surface area contributed by atoms with E-state index in [1.165, 1.54) is 0 Å². The molecule has 0 aromatic rings. The molecule has 0 bridgehead atoms. The van der Waals surface area contributed by atoms with Crippen LogP contribution >= 0.6 is 11.6 Å². The van der Waals surface area contributed by atoms with E-state index >= 15 is 0 Å². The van der Waals surface area contributed by atoms with E-state index in [0.29, 0.717) is 13.2 Å². The number of rotatable bonds is 5. The molecule has 1 N–H and O–H groups in total. The minimum atomic E-state index is -1.59. The van der Waals surface area contributed by atoms with Crippen LogP contribution in [0.2, 0.25) is 0 Å². The SMILES string of the molecule is CCOC(O)(CCl)OCC. The van der Waals surface area contributed by atoms with Crippen molar-refractivity contribution in [2.75, 3.05) is 19.1 Å². The molecule has 0 spiro atoms. The first kappa shape index (κ1) is 10.2. The van der Waals surface area contributed by atoms with E-state index in [1.807, 2.05) is 0 Å². The Kier molecular flexibility index (Phi) is 4.99. The highest BCUT2D eigenvalue weighted by Gasteiger charge is 2.26. The van der Waals surface area contributed by atoms with Gasteiger partial charge in [-0.15, -0.1) is 11.6 Å². The van der Waals surface area contributed by atoms with Crippen molar-refractivity contribution < 1.29 is 14.6 Å². The highest BCUT2D eigenvalue weighted by atomic mass is 35.5. The molecule has 0 aromatic heterocycles. The molecule has 0 saturated carbocycles. The predicted octanol–water partition coefficient (Wildman–Crippen LogP) is 0.944. The fourth-order valence-corrected chi connectivity index (χ4v) is 0.724. The molecule has 0 aliphatic carbocycles. The molecule has 0 aliphatic rings. The Bertz CT molecular complexity index is 81.1. The monoisotopic (exact) mass is 168 g/mol. The Morgan fingerprint density at radius 1 is 1.30 bits per heavy atom. The molecule has 0 rings (SSSR count). The number of hydrogen-bond acceptors (Lipinski definition) is 3. The quantitative estimate of drug-likeness (QED) is 0.491. The van der Waals surface area contributed by atoms with Crippen molar-refractivity contribution in [2.24, 2.45) is 0 Å². The van der Waals surface area contributed by atoms with Crippen LogP contribution in [0.15, 0.2) is 0 Å². The van der Waals surface area contributed by atoms with Crippen LogP contribution < -0.4 is 0 Å². The highest BCUT2D eigenvalue weighted by Crippen LogP contribution is 2.10. The Morgan fingerprint density at radius 2 is 1.70 bits per heavy atom. The zero-order chi connectivity index (χ0) is 8.04. The average molecular weight is 169 g/mol. The van der Waals surface area contributed by atoms with Crippen LogP contribution in [0, 0.1) is 0 Å². The second-order valence-corrected chi connectivity index (χ2v) is 1.98. The summed E-state index contributed by atoms with van der Waals surface area (Å²) in [6.07, 6.45) is 0. The summed E-state index contributed by atoms with van der Waals surface area (Å²) < 4.78 is 9.64. The maximum Gasteiger partial charge on any atom is 0.294 e. The van der Waals surface area contributed by atoms with E-state index in [1.54, 1.807) is 13.8 Å². The van der Waals surface area contributed by atoms with Crippen LogP contribution in [0.3, 0.4) is 0 Å². The van der Waals surface area contributed by atoms with Crippen LogP contribution in [0.25, 0.3) is 0 Å². The minimum Gasteiger partial charge on any atom is -0.342 e. The fourth-order valence-electron chi connectivity index (χ4n) is 0.570. The number of hydrogen-bond donors (Lipinski definition) is 1. The first-order valence-electron chi connectivity index (χ1n) is 3.24. The van der Waals surface area contributed by atoms with E-state index in [9.17, 15) is 5.11 Å². The van der Waals surface area contributed by atoms with Crippen molar-refractivity contribution in [1.29, 1.82) is 0 Å². The van der Waals surface area contributed by atoms with E-state index in [4.69, 9.17) is 21.1 Å². The molecule has 10 heavy (non-hydrogen) atoms. The van der Waals surface area contributed by atoms with Gasteiger partial charge in [-0.3, -0.25) is 0 Å². The van der Waals surface area contributed by atoms with Gasteiger partial charge in [-0.25, -0.2) is 0 Å². The third-order valence-electron chi connectivity index (χ3n) is 0.909. The molecule has 0 atom stereocenters. The summed E-state index contributed by atoms with van der Waals surface area (Å²) in [5.41, 5.74) is 0. The lowest BCUT2D eigenvalue weighted by molar-refractivity contribution is -0.342. The van der Waals surface area contributed by atoms with Gasteiger partial charge in [0.1, 0.15) is 5.88 Å². The molecule has 62 valence electrons.